The molecule has 7 nitrogen and oxygen atoms in total. The standard InChI is InChI=1S/C24H28N6O/c1-3-19(29-11-13-31-14-12-29)4-2-18(1)20-15-21-22(27-9-8-26-21)23(28-20)30-10-6-24(17-30)5-7-25-16-24/h1-4,8-9,15,25H,5-7,10-14,16-17H2. The van der Waals surface area contributed by atoms with Crippen LogP contribution in [0, 0.1) is 5.41 Å². The number of fused-ring (bicyclic) bond motifs is 1. The average Bonchev–Trinajstić information content (AvgIpc) is 3.48. The first-order valence-electron chi connectivity index (χ1n) is 11.3. The Hall–Kier alpha value is -2.77. The first kappa shape index (κ1) is 19.0. The lowest BCUT2D eigenvalue weighted by Gasteiger charge is -2.29. The van der Waals surface area contributed by atoms with E-state index in [2.05, 4.69) is 55.4 Å². The lowest BCUT2D eigenvalue weighted by molar-refractivity contribution is 0.122. The van der Waals surface area contributed by atoms with Crippen molar-refractivity contribution in [1.29, 1.82) is 0 Å². The van der Waals surface area contributed by atoms with E-state index in [0.29, 0.717) is 5.41 Å². The second-order valence-corrected chi connectivity index (χ2v) is 9.00. The van der Waals surface area contributed by atoms with Gasteiger partial charge in [-0.25, -0.2) is 9.97 Å². The van der Waals surface area contributed by atoms with Gasteiger partial charge in [0.25, 0.3) is 0 Å². The first-order chi connectivity index (χ1) is 15.3. The normalized spacial score (nSPS) is 23.9. The molecule has 160 valence electrons. The molecule has 1 unspecified atom stereocenters. The Morgan fingerprint density at radius 3 is 2.58 bits per heavy atom. The summed E-state index contributed by atoms with van der Waals surface area (Å²) in [5.41, 5.74) is 5.50. The van der Waals surface area contributed by atoms with Crippen LogP contribution in [0.25, 0.3) is 22.3 Å². The molecule has 3 aliphatic rings. The molecule has 0 saturated carbocycles. The van der Waals surface area contributed by atoms with E-state index in [9.17, 15) is 0 Å². The van der Waals surface area contributed by atoms with Crippen molar-refractivity contribution in [1.82, 2.24) is 20.3 Å². The number of nitrogens with zero attached hydrogens (tertiary/aromatic N) is 5. The number of morpholine rings is 1. The molecule has 0 aliphatic carbocycles. The second-order valence-electron chi connectivity index (χ2n) is 9.00. The fourth-order valence-electron chi connectivity index (χ4n) is 5.25. The molecule has 0 radical (unpaired) electrons. The number of rotatable bonds is 3. The summed E-state index contributed by atoms with van der Waals surface area (Å²) in [7, 11) is 0. The van der Waals surface area contributed by atoms with Gasteiger partial charge >= 0.3 is 0 Å². The molecule has 6 rings (SSSR count). The van der Waals surface area contributed by atoms with Gasteiger partial charge < -0.3 is 19.9 Å². The average molecular weight is 417 g/mol. The minimum atomic E-state index is 0.381. The highest BCUT2D eigenvalue weighted by atomic mass is 16.5. The van der Waals surface area contributed by atoms with Crippen molar-refractivity contribution < 1.29 is 4.74 Å². The highest BCUT2D eigenvalue weighted by molar-refractivity contribution is 5.89. The summed E-state index contributed by atoms with van der Waals surface area (Å²) >= 11 is 0. The molecule has 1 atom stereocenters. The van der Waals surface area contributed by atoms with Crippen LogP contribution in [0.1, 0.15) is 12.8 Å². The predicted octanol–water partition coefficient (Wildman–Crippen LogP) is 2.72. The van der Waals surface area contributed by atoms with Crippen LogP contribution in [0.2, 0.25) is 0 Å². The van der Waals surface area contributed by atoms with Crippen molar-refractivity contribution in [3.8, 4) is 11.3 Å². The lowest BCUT2D eigenvalue weighted by atomic mass is 9.87. The fraction of sp³-hybridized carbons (Fsp3) is 0.458. The van der Waals surface area contributed by atoms with Crippen LogP contribution in [0.3, 0.4) is 0 Å². The van der Waals surface area contributed by atoms with Crippen molar-refractivity contribution in [3.63, 3.8) is 0 Å². The fourth-order valence-corrected chi connectivity index (χ4v) is 5.25. The number of hydrogen-bond acceptors (Lipinski definition) is 7. The van der Waals surface area contributed by atoms with Gasteiger partial charge in [-0.2, -0.15) is 0 Å². The van der Waals surface area contributed by atoms with Gasteiger partial charge in [0.15, 0.2) is 5.82 Å². The van der Waals surface area contributed by atoms with Gasteiger partial charge in [0.2, 0.25) is 0 Å². The Balaban J connectivity index is 1.35. The maximum Gasteiger partial charge on any atom is 0.157 e. The van der Waals surface area contributed by atoms with Gasteiger partial charge in [0.05, 0.1) is 24.4 Å². The molecule has 0 amide bonds. The molecule has 3 fully saturated rings. The largest absolute Gasteiger partial charge is 0.378 e. The third-order valence-electron chi connectivity index (χ3n) is 7.05. The number of nitrogens with one attached hydrogen (secondary N) is 1. The van der Waals surface area contributed by atoms with Crippen LogP contribution >= 0.6 is 0 Å². The summed E-state index contributed by atoms with van der Waals surface area (Å²) in [6.45, 7) is 7.77. The van der Waals surface area contributed by atoms with Gasteiger partial charge in [-0.3, -0.25) is 4.98 Å². The summed E-state index contributed by atoms with van der Waals surface area (Å²) in [4.78, 5) is 19.2. The van der Waals surface area contributed by atoms with Crippen molar-refractivity contribution in [2.45, 2.75) is 12.8 Å². The summed E-state index contributed by atoms with van der Waals surface area (Å²) < 4.78 is 5.48. The molecule has 2 aromatic heterocycles. The third kappa shape index (κ3) is 3.51. The van der Waals surface area contributed by atoms with E-state index in [1.165, 1.54) is 18.5 Å². The molecular formula is C24H28N6O. The molecule has 5 heterocycles. The van der Waals surface area contributed by atoms with Crippen LogP contribution in [-0.2, 0) is 4.74 Å². The molecule has 31 heavy (non-hydrogen) atoms. The predicted molar refractivity (Wildman–Crippen MR) is 123 cm³/mol. The van der Waals surface area contributed by atoms with Gasteiger partial charge in [-0.1, -0.05) is 12.1 Å². The van der Waals surface area contributed by atoms with Crippen LogP contribution in [0.15, 0.2) is 42.7 Å². The van der Waals surface area contributed by atoms with Crippen LogP contribution in [0.4, 0.5) is 11.5 Å². The maximum atomic E-state index is 5.48. The van der Waals surface area contributed by atoms with Crippen LogP contribution in [-0.4, -0.2) is 67.4 Å². The van der Waals surface area contributed by atoms with E-state index >= 15 is 0 Å². The van der Waals surface area contributed by atoms with Crippen molar-refractivity contribution in [3.05, 3.63) is 42.7 Å². The van der Waals surface area contributed by atoms with E-state index in [4.69, 9.17) is 9.72 Å². The van der Waals surface area contributed by atoms with Crippen molar-refractivity contribution >= 4 is 22.5 Å². The smallest absolute Gasteiger partial charge is 0.157 e. The zero-order valence-electron chi connectivity index (χ0n) is 17.8. The quantitative estimate of drug-likeness (QED) is 0.704. The number of anilines is 2. The van der Waals surface area contributed by atoms with Crippen LogP contribution < -0.4 is 15.1 Å². The van der Waals surface area contributed by atoms with E-state index in [0.717, 1.165) is 80.6 Å². The summed E-state index contributed by atoms with van der Waals surface area (Å²) in [5, 5.41) is 3.55. The topological polar surface area (TPSA) is 66.4 Å². The number of aromatic nitrogens is 3. The number of pyridine rings is 1. The van der Waals surface area contributed by atoms with Gasteiger partial charge in [-0.15, -0.1) is 0 Å². The van der Waals surface area contributed by atoms with Crippen molar-refractivity contribution in [2.24, 2.45) is 5.41 Å². The van der Waals surface area contributed by atoms with Crippen molar-refractivity contribution in [2.75, 3.05) is 62.3 Å². The monoisotopic (exact) mass is 416 g/mol. The van der Waals surface area contributed by atoms with E-state index in [1.807, 2.05) is 0 Å². The molecule has 3 aliphatic heterocycles. The summed E-state index contributed by atoms with van der Waals surface area (Å²) in [6, 6.07) is 10.8. The Labute approximate surface area is 182 Å². The third-order valence-corrected chi connectivity index (χ3v) is 7.05. The van der Waals surface area contributed by atoms with E-state index in [1.54, 1.807) is 12.4 Å². The Bertz CT molecular complexity index is 1070. The minimum Gasteiger partial charge on any atom is -0.378 e. The lowest BCUT2D eigenvalue weighted by Crippen LogP contribution is -2.36. The molecule has 7 heteroatoms. The molecule has 1 N–H and O–H groups in total. The SMILES string of the molecule is c1cnc2c(N3CCC4(CCNC4)C3)nc(-c3ccc(N4CCOCC4)cc3)cc2n1. The zero-order valence-corrected chi connectivity index (χ0v) is 17.8. The summed E-state index contributed by atoms with van der Waals surface area (Å²) in [5.74, 6) is 0.974. The number of benzene rings is 1. The number of hydrogen-bond donors (Lipinski definition) is 1. The van der Waals surface area contributed by atoms with Crippen LogP contribution in [0.5, 0.6) is 0 Å². The van der Waals surface area contributed by atoms with Gasteiger partial charge in [0.1, 0.15) is 5.52 Å². The molecule has 3 aromatic rings. The molecule has 0 bridgehead atoms. The Morgan fingerprint density at radius 2 is 1.77 bits per heavy atom. The maximum absolute atomic E-state index is 5.48. The molecule has 1 spiro atoms. The van der Waals surface area contributed by atoms with Gasteiger partial charge in [0, 0.05) is 61.8 Å². The Morgan fingerprint density at radius 1 is 0.935 bits per heavy atom. The zero-order chi connectivity index (χ0) is 20.7. The second kappa shape index (κ2) is 7.73. The minimum absolute atomic E-state index is 0.381. The molecular weight excluding hydrogens is 388 g/mol. The first-order valence-corrected chi connectivity index (χ1v) is 11.3. The molecule has 1 aromatic carbocycles. The van der Waals surface area contributed by atoms with E-state index in [-0.39, 0.29) is 0 Å². The highest BCUT2D eigenvalue weighted by Crippen LogP contribution is 2.39. The number of ether oxygens (including phenoxy) is 1. The van der Waals surface area contributed by atoms with E-state index < -0.39 is 0 Å². The van der Waals surface area contributed by atoms with Gasteiger partial charge in [-0.05, 0) is 37.6 Å². The molecule has 3 saturated heterocycles. The Kier molecular flexibility index (Phi) is 4.73. The summed E-state index contributed by atoms with van der Waals surface area (Å²) in [6.07, 6.45) is 5.99. The highest BCUT2D eigenvalue weighted by Gasteiger charge is 2.41.